The summed E-state index contributed by atoms with van der Waals surface area (Å²) >= 11 is 1.24. The Morgan fingerprint density at radius 1 is 1.33 bits per heavy atom. The second-order valence-corrected chi connectivity index (χ2v) is 5.38. The van der Waals surface area contributed by atoms with E-state index in [1.54, 1.807) is 0 Å². The average Bonchev–Trinajstić information content (AvgIpc) is 2.97. The molecule has 1 aromatic heterocycles. The molecule has 0 radical (unpaired) electrons. The molecule has 1 N–H and O–H groups in total. The summed E-state index contributed by atoms with van der Waals surface area (Å²) in [6, 6.07) is 7.99. The normalized spacial score (nSPS) is 10.6. The fourth-order valence-corrected chi connectivity index (χ4v) is 2.50. The molecule has 1 aromatic carbocycles. The zero-order chi connectivity index (χ0) is 15.1. The van der Waals surface area contributed by atoms with Gasteiger partial charge in [0.1, 0.15) is 0 Å². The Labute approximate surface area is 128 Å². The van der Waals surface area contributed by atoms with Crippen LogP contribution in [0.3, 0.4) is 0 Å². The number of hydrogen-bond donors (Lipinski definition) is 1. The van der Waals surface area contributed by atoms with Crippen molar-refractivity contribution in [3.63, 3.8) is 0 Å². The first-order valence-electron chi connectivity index (χ1n) is 6.97. The van der Waals surface area contributed by atoms with Gasteiger partial charge in [0.15, 0.2) is 5.69 Å². The Morgan fingerprint density at radius 2 is 2.10 bits per heavy atom. The van der Waals surface area contributed by atoms with Crippen LogP contribution in [0.5, 0.6) is 0 Å². The quantitative estimate of drug-likeness (QED) is 0.799. The highest BCUT2D eigenvalue weighted by Crippen LogP contribution is 2.26. The molecule has 0 bridgehead atoms. The molecule has 0 saturated carbocycles. The van der Waals surface area contributed by atoms with E-state index in [1.807, 2.05) is 38.1 Å². The molecule has 1 heterocycles. The van der Waals surface area contributed by atoms with Crippen molar-refractivity contribution < 1.29 is 9.53 Å². The van der Waals surface area contributed by atoms with E-state index in [0.29, 0.717) is 25.5 Å². The Hall–Kier alpha value is -1.79. The second kappa shape index (κ2) is 7.85. The van der Waals surface area contributed by atoms with Crippen molar-refractivity contribution in [1.29, 1.82) is 0 Å². The van der Waals surface area contributed by atoms with E-state index in [9.17, 15) is 4.79 Å². The van der Waals surface area contributed by atoms with Crippen molar-refractivity contribution in [2.45, 2.75) is 20.3 Å². The van der Waals surface area contributed by atoms with Crippen LogP contribution in [0.15, 0.2) is 24.3 Å². The third-order valence-corrected chi connectivity index (χ3v) is 3.75. The Kier molecular flexibility index (Phi) is 5.83. The van der Waals surface area contributed by atoms with E-state index in [0.717, 1.165) is 16.9 Å². The smallest absolute Gasteiger partial charge is 0.273 e. The molecular weight excluding hydrogens is 286 g/mol. The van der Waals surface area contributed by atoms with Crippen LogP contribution in [0.4, 0.5) is 0 Å². The molecule has 0 aliphatic rings. The summed E-state index contributed by atoms with van der Waals surface area (Å²) in [6.45, 7) is 5.90. The van der Waals surface area contributed by atoms with E-state index in [2.05, 4.69) is 14.9 Å². The zero-order valence-corrected chi connectivity index (χ0v) is 13.1. The van der Waals surface area contributed by atoms with Gasteiger partial charge in [-0.2, -0.15) is 0 Å². The average molecular weight is 305 g/mol. The molecule has 0 aliphatic carbocycles. The second-order valence-electron chi connectivity index (χ2n) is 4.62. The number of amides is 1. The van der Waals surface area contributed by atoms with Gasteiger partial charge in [0.25, 0.3) is 5.91 Å². The minimum Gasteiger partial charge on any atom is -0.382 e. The molecule has 112 valence electrons. The number of carbonyl (C=O) groups excluding carboxylic acids is 1. The van der Waals surface area contributed by atoms with Gasteiger partial charge in [0.05, 0.1) is 4.88 Å². The summed E-state index contributed by atoms with van der Waals surface area (Å²) in [5, 5.41) is 6.81. The van der Waals surface area contributed by atoms with Crippen LogP contribution in [0.2, 0.25) is 0 Å². The molecule has 0 unspecified atom stereocenters. The van der Waals surface area contributed by atoms with Gasteiger partial charge < -0.3 is 10.1 Å². The van der Waals surface area contributed by atoms with Gasteiger partial charge in [-0.05, 0) is 37.4 Å². The van der Waals surface area contributed by atoms with Crippen molar-refractivity contribution in [3.05, 3.63) is 35.5 Å². The first-order chi connectivity index (χ1) is 10.2. The van der Waals surface area contributed by atoms with Gasteiger partial charge >= 0.3 is 0 Å². The van der Waals surface area contributed by atoms with Gasteiger partial charge in [-0.15, -0.1) is 5.10 Å². The number of aryl methyl sites for hydroxylation is 1. The van der Waals surface area contributed by atoms with Gasteiger partial charge in [-0.3, -0.25) is 4.79 Å². The minimum atomic E-state index is -0.184. The molecular formula is C15H19N3O2S. The predicted octanol–water partition coefficient (Wildman–Crippen LogP) is 2.67. The molecule has 1 amide bonds. The lowest BCUT2D eigenvalue weighted by atomic mass is 10.1. The highest BCUT2D eigenvalue weighted by Gasteiger charge is 2.17. The molecule has 0 atom stereocenters. The van der Waals surface area contributed by atoms with Crippen molar-refractivity contribution in [3.8, 4) is 10.4 Å². The lowest BCUT2D eigenvalue weighted by Gasteiger charge is -2.05. The maximum Gasteiger partial charge on any atom is 0.273 e. The third-order valence-electron chi connectivity index (χ3n) is 2.97. The van der Waals surface area contributed by atoms with Gasteiger partial charge in [0.2, 0.25) is 0 Å². The van der Waals surface area contributed by atoms with E-state index in [-0.39, 0.29) is 5.91 Å². The van der Waals surface area contributed by atoms with Crippen LogP contribution in [0.25, 0.3) is 10.4 Å². The summed E-state index contributed by atoms with van der Waals surface area (Å²) in [6.07, 6.45) is 0.789. The maximum atomic E-state index is 12.2. The Balaban J connectivity index is 1.99. The number of benzene rings is 1. The van der Waals surface area contributed by atoms with Crippen LogP contribution in [0.1, 0.15) is 29.4 Å². The molecule has 0 aliphatic heterocycles. The molecule has 2 aromatic rings. The number of nitrogens with zero attached hydrogens (tertiary/aromatic N) is 2. The molecule has 0 saturated heterocycles. The number of aromatic nitrogens is 2. The van der Waals surface area contributed by atoms with Crippen molar-refractivity contribution in [1.82, 2.24) is 14.9 Å². The van der Waals surface area contributed by atoms with Gasteiger partial charge in [0, 0.05) is 19.8 Å². The first-order valence-corrected chi connectivity index (χ1v) is 7.75. The van der Waals surface area contributed by atoms with Crippen LogP contribution in [0, 0.1) is 6.92 Å². The third kappa shape index (κ3) is 4.34. The SMILES string of the molecule is CCOCCCNC(=O)c1nnsc1-c1ccc(C)cc1. The molecule has 21 heavy (non-hydrogen) atoms. The van der Waals surface area contributed by atoms with Crippen molar-refractivity contribution >= 4 is 17.4 Å². The number of carbonyl (C=O) groups is 1. The number of rotatable bonds is 7. The lowest BCUT2D eigenvalue weighted by Crippen LogP contribution is -2.26. The Bertz CT molecular complexity index is 581. The largest absolute Gasteiger partial charge is 0.382 e. The number of ether oxygens (including phenoxy) is 1. The van der Waals surface area contributed by atoms with Crippen molar-refractivity contribution in [2.24, 2.45) is 0 Å². The zero-order valence-electron chi connectivity index (χ0n) is 12.3. The van der Waals surface area contributed by atoms with Crippen LogP contribution in [-0.4, -0.2) is 35.3 Å². The van der Waals surface area contributed by atoms with Crippen LogP contribution < -0.4 is 5.32 Å². The van der Waals surface area contributed by atoms with Crippen molar-refractivity contribution in [2.75, 3.05) is 19.8 Å². The highest BCUT2D eigenvalue weighted by atomic mass is 32.1. The summed E-state index contributed by atoms with van der Waals surface area (Å²) < 4.78 is 9.14. The highest BCUT2D eigenvalue weighted by molar-refractivity contribution is 7.09. The van der Waals surface area contributed by atoms with E-state index >= 15 is 0 Å². The molecule has 5 nitrogen and oxygen atoms in total. The lowest BCUT2D eigenvalue weighted by molar-refractivity contribution is 0.0940. The van der Waals surface area contributed by atoms with Crippen LogP contribution in [-0.2, 0) is 4.74 Å². The fraction of sp³-hybridized carbons (Fsp3) is 0.400. The molecule has 2 rings (SSSR count). The summed E-state index contributed by atoms with van der Waals surface area (Å²) in [4.78, 5) is 13.0. The monoisotopic (exact) mass is 305 g/mol. The van der Waals surface area contributed by atoms with Gasteiger partial charge in [-0.25, -0.2) is 0 Å². The maximum absolute atomic E-state index is 12.2. The predicted molar refractivity (Wildman–Crippen MR) is 83.5 cm³/mol. The van der Waals surface area contributed by atoms with E-state index in [1.165, 1.54) is 17.1 Å². The summed E-state index contributed by atoms with van der Waals surface area (Å²) in [7, 11) is 0. The fourth-order valence-electron chi connectivity index (χ4n) is 1.84. The molecule has 6 heteroatoms. The Morgan fingerprint density at radius 3 is 2.81 bits per heavy atom. The topological polar surface area (TPSA) is 64.1 Å². The standard InChI is InChI=1S/C15H19N3O2S/c1-3-20-10-4-9-16-15(19)13-14(21-18-17-13)12-7-5-11(2)6-8-12/h5-8H,3-4,9-10H2,1-2H3,(H,16,19). The van der Waals surface area contributed by atoms with E-state index < -0.39 is 0 Å². The molecule has 0 fully saturated rings. The number of hydrogen-bond acceptors (Lipinski definition) is 5. The summed E-state index contributed by atoms with van der Waals surface area (Å²) in [5.74, 6) is -0.184. The summed E-state index contributed by atoms with van der Waals surface area (Å²) in [5.41, 5.74) is 2.54. The molecule has 0 spiro atoms. The minimum absolute atomic E-state index is 0.184. The van der Waals surface area contributed by atoms with E-state index in [4.69, 9.17) is 4.74 Å². The first kappa shape index (κ1) is 15.6. The van der Waals surface area contributed by atoms with Gasteiger partial charge in [-0.1, -0.05) is 34.3 Å². The van der Waals surface area contributed by atoms with Crippen LogP contribution >= 0.6 is 11.5 Å². The number of nitrogens with one attached hydrogen (secondary N) is 1.